The highest BCUT2D eigenvalue weighted by atomic mass is 32.1. The Hall–Kier alpha value is -1.49. The minimum absolute atomic E-state index is 0.101. The minimum atomic E-state index is -0.798. The fourth-order valence-electron chi connectivity index (χ4n) is 2.33. The van der Waals surface area contributed by atoms with Gasteiger partial charge in [0.05, 0.1) is 5.69 Å². The second-order valence-electron chi connectivity index (χ2n) is 4.10. The number of thiazole rings is 1. The van der Waals surface area contributed by atoms with Gasteiger partial charge in [-0.1, -0.05) is 12.1 Å². The molecule has 0 amide bonds. The Labute approximate surface area is 101 Å². The van der Waals surface area contributed by atoms with Crippen molar-refractivity contribution in [2.24, 2.45) is 0 Å². The van der Waals surface area contributed by atoms with E-state index in [1.165, 1.54) is 17.4 Å². The second-order valence-corrected chi connectivity index (χ2v) is 5.16. The number of halogens is 2. The van der Waals surface area contributed by atoms with Crippen LogP contribution in [0, 0.1) is 11.6 Å². The first-order chi connectivity index (χ1) is 8.16. The van der Waals surface area contributed by atoms with Crippen molar-refractivity contribution >= 4 is 16.5 Å². The van der Waals surface area contributed by atoms with Crippen LogP contribution in [0.3, 0.4) is 0 Å². The van der Waals surface area contributed by atoms with E-state index in [1.807, 2.05) is 0 Å². The third-order valence-electron chi connectivity index (χ3n) is 3.09. The van der Waals surface area contributed by atoms with Gasteiger partial charge in [0, 0.05) is 10.8 Å². The van der Waals surface area contributed by atoms with Crippen molar-refractivity contribution < 1.29 is 8.78 Å². The maximum absolute atomic E-state index is 13.7. The number of aryl methyl sites for hydroxylation is 1. The molecule has 0 spiro atoms. The molecule has 1 aromatic carbocycles. The second kappa shape index (κ2) is 3.77. The number of nitrogen functional groups attached to an aromatic ring is 1. The summed E-state index contributed by atoms with van der Waals surface area (Å²) in [6.45, 7) is 0. The molecule has 1 aliphatic rings. The summed E-state index contributed by atoms with van der Waals surface area (Å²) in [5.74, 6) is -1.65. The lowest BCUT2D eigenvalue weighted by Gasteiger charge is -2.11. The molecule has 0 bridgehead atoms. The molecule has 0 saturated carbocycles. The van der Waals surface area contributed by atoms with Gasteiger partial charge in [0.2, 0.25) is 0 Å². The van der Waals surface area contributed by atoms with Crippen LogP contribution in [0.15, 0.2) is 18.2 Å². The van der Waals surface area contributed by atoms with Crippen LogP contribution in [-0.4, -0.2) is 4.98 Å². The van der Waals surface area contributed by atoms with E-state index in [4.69, 9.17) is 5.73 Å². The molecule has 0 fully saturated rings. The molecule has 88 valence electrons. The van der Waals surface area contributed by atoms with E-state index in [1.54, 1.807) is 6.07 Å². The fourth-order valence-corrected chi connectivity index (χ4v) is 3.37. The SMILES string of the molecule is Nc1nc2c(s1)C(c1cccc(F)c1F)CC2. The molecule has 1 unspecified atom stereocenters. The monoisotopic (exact) mass is 252 g/mol. The van der Waals surface area contributed by atoms with Gasteiger partial charge in [-0.05, 0) is 24.5 Å². The van der Waals surface area contributed by atoms with Crippen LogP contribution in [0.4, 0.5) is 13.9 Å². The quantitative estimate of drug-likeness (QED) is 0.847. The number of fused-ring (bicyclic) bond motifs is 1. The lowest BCUT2D eigenvalue weighted by Crippen LogP contribution is -2.00. The highest BCUT2D eigenvalue weighted by molar-refractivity contribution is 7.15. The first-order valence-corrected chi connectivity index (χ1v) is 6.17. The maximum atomic E-state index is 13.7. The summed E-state index contributed by atoms with van der Waals surface area (Å²) in [5, 5.41) is 0.497. The third-order valence-corrected chi connectivity index (χ3v) is 4.13. The first-order valence-electron chi connectivity index (χ1n) is 5.36. The lowest BCUT2D eigenvalue weighted by molar-refractivity contribution is 0.493. The molecule has 2 aromatic rings. The topological polar surface area (TPSA) is 38.9 Å². The zero-order chi connectivity index (χ0) is 12.0. The Balaban J connectivity index is 2.09. The summed E-state index contributed by atoms with van der Waals surface area (Å²) in [6, 6.07) is 4.31. The van der Waals surface area contributed by atoms with Crippen molar-refractivity contribution in [2.45, 2.75) is 18.8 Å². The number of hydrogen-bond acceptors (Lipinski definition) is 3. The van der Waals surface area contributed by atoms with Crippen molar-refractivity contribution in [1.82, 2.24) is 4.98 Å². The van der Waals surface area contributed by atoms with E-state index >= 15 is 0 Å². The molecule has 0 radical (unpaired) electrons. The fraction of sp³-hybridized carbons (Fsp3) is 0.250. The molecule has 17 heavy (non-hydrogen) atoms. The smallest absolute Gasteiger partial charge is 0.180 e. The standard InChI is InChI=1S/C12H10F2N2S/c13-8-3-1-2-6(10(8)14)7-4-5-9-11(7)17-12(15)16-9/h1-3,7H,4-5H2,(H2,15,16). The van der Waals surface area contributed by atoms with Gasteiger partial charge < -0.3 is 5.73 Å². The van der Waals surface area contributed by atoms with E-state index in [0.29, 0.717) is 10.7 Å². The molecule has 1 atom stereocenters. The number of rotatable bonds is 1. The average molecular weight is 252 g/mol. The van der Waals surface area contributed by atoms with Crippen LogP contribution in [0.1, 0.15) is 28.5 Å². The molecule has 0 aliphatic heterocycles. The van der Waals surface area contributed by atoms with Crippen molar-refractivity contribution in [2.75, 3.05) is 5.73 Å². The van der Waals surface area contributed by atoms with Crippen molar-refractivity contribution in [3.63, 3.8) is 0 Å². The summed E-state index contributed by atoms with van der Waals surface area (Å²) in [6.07, 6.45) is 1.55. The Morgan fingerprint density at radius 2 is 2.18 bits per heavy atom. The van der Waals surface area contributed by atoms with Gasteiger partial charge in [-0.2, -0.15) is 0 Å². The summed E-state index contributed by atoms with van der Waals surface area (Å²) in [7, 11) is 0. The van der Waals surface area contributed by atoms with Crippen molar-refractivity contribution in [3.05, 3.63) is 46.0 Å². The molecular formula is C12H10F2N2S. The molecule has 2 N–H and O–H groups in total. The van der Waals surface area contributed by atoms with Gasteiger partial charge in [-0.15, -0.1) is 11.3 Å². The number of aromatic nitrogens is 1. The van der Waals surface area contributed by atoms with Crippen LogP contribution < -0.4 is 5.73 Å². The van der Waals surface area contributed by atoms with E-state index < -0.39 is 11.6 Å². The lowest BCUT2D eigenvalue weighted by atomic mass is 9.98. The van der Waals surface area contributed by atoms with E-state index in [9.17, 15) is 8.78 Å². The van der Waals surface area contributed by atoms with E-state index in [0.717, 1.165) is 29.5 Å². The molecular weight excluding hydrogens is 242 g/mol. The summed E-state index contributed by atoms with van der Waals surface area (Å²) in [5.41, 5.74) is 6.98. The van der Waals surface area contributed by atoms with Crippen LogP contribution >= 0.6 is 11.3 Å². The van der Waals surface area contributed by atoms with E-state index in [-0.39, 0.29) is 5.92 Å². The first kappa shape index (κ1) is 10.7. The molecule has 1 heterocycles. The van der Waals surface area contributed by atoms with Crippen LogP contribution in [0.25, 0.3) is 0 Å². The molecule has 3 rings (SSSR count). The molecule has 2 nitrogen and oxygen atoms in total. The number of nitrogens with zero attached hydrogens (tertiary/aromatic N) is 1. The molecule has 0 saturated heterocycles. The Morgan fingerprint density at radius 3 is 3.00 bits per heavy atom. The van der Waals surface area contributed by atoms with Crippen LogP contribution in [0.5, 0.6) is 0 Å². The van der Waals surface area contributed by atoms with Crippen molar-refractivity contribution in [1.29, 1.82) is 0 Å². The maximum Gasteiger partial charge on any atom is 0.180 e. The highest BCUT2D eigenvalue weighted by Crippen LogP contribution is 2.43. The molecule has 1 aromatic heterocycles. The minimum Gasteiger partial charge on any atom is -0.375 e. The van der Waals surface area contributed by atoms with Gasteiger partial charge in [0.25, 0.3) is 0 Å². The van der Waals surface area contributed by atoms with Crippen LogP contribution in [-0.2, 0) is 6.42 Å². The largest absolute Gasteiger partial charge is 0.375 e. The van der Waals surface area contributed by atoms with Gasteiger partial charge in [-0.25, -0.2) is 13.8 Å². The Bertz CT molecular complexity index is 580. The third kappa shape index (κ3) is 1.61. The Morgan fingerprint density at radius 1 is 1.35 bits per heavy atom. The van der Waals surface area contributed by atoms with Gasteiger partial charge >= 0.3 is 0 Å². The number of nitrogens with two attached hydrogens (primary N) is 1. The predicted octanol–water partition coefficient (Wildman–Crippen LogP) is 3.08. The predicted molar refractivity (Wildman–Crippen MR) is 63.0 cm³/mol. The van der Waals surface area contributed by atoms with Gasteiger partial charge in [0.1, 0.15) is 0 Å². The summed E-state index contributed by atoms with van der Waals surface area (Å²) < 4.78 is 26.9. The molecule has 5 heteroatoms. The highest BCUT2D eigenvalue weighted by Gasteiger charge is 2.30. The molecule has 1 aliphatic carbocycles. The normalized spacial score (nSPS) is 18.4. The number of benzene rings is 1. The number of anilines is 1. The Kier molecular flexibility index (Phi) is 2.36. The average Bonchev–Trinajstić information content (AvgIpc) is 2.81. The van der Waals surface area contributed by atoms with Crippen molar-refractivity contribution in [3.8, 4) is 0 Å². The number of hydrogen-bond donors (Lipinski definition) is 1. The summed E-state index contributed by atoms with van der Waals surface area (Å²) >= 11 is 1.37. The van der Waals surface area contributed by atoms with Crippen LogP contribution in [0.2, 0.25) is 0 Å². The van der Waals surface area contributed by atoms with E-state index in [2.05, 4.69) is 4.98 Å². The summed E-state index contributed by atoms with van der Waals surface area (Å²) in [4.78, 5) is 5.18. The van der Waals surface area contributed by atoms with Gasteiger partial charge in [-0.3, -0.25) is 0 Å². The zero-order valence-electron chi connectivity index (χ0n) is 8.91. The zero-order valence-corrected chi connectivity index (χ0v) is 9.73. The van der Waals surface area contributed by atoms with Gasteiger partial charge in [0.15, 0.2) is 16.8 Å².